The molecule has 0 saturated carbocycles. The number of benzene rings is 1. The lowest BCUT2D eigenvalue weighted by atomic mass is 10.1. The fourth-order valence-corrected chi connectivity index (χ4v) is 1.77. The molecule has 0 radical (unpaired) electrons. The molecule has 0 atom stereocenters. The summed E-state index contributed by atoms with van der Waals surface area (Å²) in [6.45, 7) is 1.93. The Morgan fingerprint density at radius 2 is 2.11 bits per heavy atom. The van der Waals surface area contributed by atoms with Gasteiger partial charge in [0.15, 0.2) is 5.11 Å². The Balaban J connectivity index is 1.98. The zero-order chi connectivity index (χ0) is 13.7. The van der Waals surface area contributed by atoms with Gasteiger partial charge >= 0.3 is 0 Å². The van der Waals surface area contributed by atoms with Crippen LogP contribution in [0.1, 0.15) is 15.9 Å². The van der Waals surface area contributed by atoms with Gasteiger partial charge in [0.1, 0.15) is 0 Å². The van der Waals surface area contributed by atoms with E-state index in [1.165, 1.54) is 0 Å². The SMILES string of the molecule is Cc1cccc(C(=O)NC(=S)Nc2cccnc2)c1. The summed E-state index contributed by atoms with van der Waals surface area (Å²) >= 11 is 5.07. The summed E-state index contributed by atoms with van der Waals surface area (Å²) in [5, 5.41) is 5.77. The molecule has 4 nitrogen and oxygen atoms in total. The second kappa shape index (κ2) is 6.06. The topological polar surface area (TPSA) is 54.0 Å². The average molecular weight is 271 g/mol. The highest BCUT2D eigenvalue weighted by Gasteiger charge is 2.07. The van der Waals surface area contributed by atoms with Crippen molar-refractivity contribution in [3.05, 3.63) is 59.9 Å². The Labute approximate surface area is 116 Å². The first-order chi connectivity index (χ1) is 9.15. The molecule has 0 aliphatic heterocycles. The molecule has 0 fully saturated rings. The zero-order valence-corrected chi connectivity index (χ0v) is 11.2. The molecule has 19 heavy (non-hydrogen) atoms. The third-order valence-corrected chi connectivity index (χ3v) is 2.63. The predicted molar refractivity (Wildman–Crippen MR) is 79.1 cm³/mol. The maximum Gasteiger partial charge on any atom is 0.257 e. The zero-order valence-electron chi connectivity index (χ0n) is 10.4. The van der Waals surface area contributed by atoms with Crippen LogP contribution in [0.5, 0.6) is 0 Å². The molecular formula is C14H13N3OS. The van der Waals surface area contributed by atoms with Gasteiger partial charge in [0.2, 0.25) is 0 Å². The number of nitrogens with zero attached hydrogens (tertiary/aromatic N) is 1. The maximum absolute atomic E-state index is 11.9. The Kier molecular flexibility index (Phi) is 4.20. The normalized spacial score (nSPS) is 9.74. The summed E-state index contributed by atoms with van der Waals surface area (Å²) in [6, 6.07) is 10.9. The van der Waals surface area contributed by atoms with Crippen LogP contribution in [0.3, 0.4) is 0 Å². The molecule has 1 aromatic carbocycles. The highest BCUT2D eigenvalue weighted by molar-refractivity contribution is 7.80. The van der Waals surface area contributed by atoms with Crippen LogP contribution in [0.4, 0.5) is 5.69 Å². The van der Waals surface area contributed by atoms with Crippen molar-refractivity contribution in [2.24, 2.45) is 0 Å². The fraction of sp³-hybridized carbons (Fsp3) is 0.0714. The van der Waals surface area contributed by atoms with E-state index in [1.807, 2.05) is 31.2 Å². The van der Waals surface area contributed by atoms with Crippen LogP contribution in [0.15, 0.2) is 48.8 Å². The molecule has 5 heteroatoms. The van der Waals surface area contributed by atoms with E-state index in [9.17, 15) is 4.79 Å². The minimum atomic E-state index is -0.231. The monoisotopic (exact) mass is 271 g/mol. The molecular weight excluding hydrogens is 258 g/mol. The third kappa shape index (κ3) is 3.86. The summed E-state index contributed by atoms with van der Waals surface area (Å²) < 4.78 is 0. The molecule has 0 aliphatic carbocycles. The quantitative estimate of drug-likeness (QED) is 0.824. The first-order valence-corrected chi connectivity index (χ1v) is 6.15. The van der Waals surface area contributed by atoms with Gasteiger partial charge in [-0.3, -0.25) is 15.1 Å². The lowest BCUT2D eigenvalue weighted by Gasteiger charge is -2.09. The summed E-state index contributed by atoms with van der Waals surface area (Å²) in [5.41, 5.74) is 2.34. The fourth-order valence-electron chi connectivity index (χ4n) is 1.56. The number of rotatable bonds is 2. The predicted octanol–water partition coefficient (Wildman–Crippen LogP) is 2.52. The van der Waals surface area contributed by atoms with Crippen LogP contribution in [0.2, 0.25) is 0 Å². The van der Waals surface area contributed by atoms with E-state index < -0.39 is 0 Å². The molecule has 0 bridgehead atoms. The van der Waals surface area contributed by atoms with E-state index in [4.69, 9.17) is 12.2 Å². The van der Waals surface area contributed by atoms with Gasteiger partial charge in [0.05, 0.1) is 11.9 Å². The van der Waals surface area contributed by atoms with Gasteiger partial charge in [0, 0.05) is 11.8 Å². The van der Waals surface area contributed by atoms with Crippen molar-refractivity contribution in [1.82, 2.24) is 10.3 Å². The number of nitrogens with one attached hydrogen (secondary N) is 2. The van der Waals surface area contributed by atoms with E-state index in [1.54, 1.807) is 24.5 Å². The van der Waals surface area contributed by atoms with Crippen molar-refractivity contribution in [2.45, 2.75) is 6.92 Å². The van der Waals surface area contributed by atoms with E-state index in [-0.39, 0.29) is 11.0 Å². The maximum atomic E-state index is 11.9. The van der Waals surface area contributed by atoms with Gasteiger partial charge in [-0.05, 0) is 43.4 Å². The molecule has 2 N–H and O–H groups in total. The molecule has 1 heterocycles. The smallest absolute Gasteiger partial charge is 0.257 e. The largest absolute Gasteiger partial charge is 0.331 e. The lowest BCUT2D eigenvalue weighted by molar-refractivity contribution is 0.0977. The molecule has 1 amide bonds. The second-order valence-corrected chi connectivity index (χ2v) is 4.43. The number of amides is 1. The highest BCUT2D eigenvalue weighted by atomic mass is 32.1. The Morgan fingerprint density at radius 3 is 2.79 bits per heavy atom. The number of hydrogen-bond acceptors (Lipinski definition) is 3. The Bertz CT molecular complexity index is 599. The Morgan fingerprint density at radius 1 is 1.26 bits per heavy atom. The van der Waals surface area contributed by atoms with Crippen molar-refractivity contribution < 1.29 is 4.79 Å². The van der Waals surface area contributed by atoms with Crippen LogP contribution >= 0.6 is 12.2 Å². The van der Waals surface area contributed by atoms with Crippen LogP contribution in [-0.2, 0) is 0 Å². The molecule has 1 aromatic heterocycles. The van der Waals surface area contributed by atoms with E-state index in [0.717, 1.165) is 11.3 Å². The molecule has 0 unspecified atom stereocenters. The van der Waals surface area contributed by atoms with Gasteiger partial charge in [-0.15, -0.1) is 0 Å². The molecule has 96 valence electrons. The van der Waals surface area contributed by atoms with Crippen LogP contribution in [0.25, 0.3) is 0 Å². The van der Waals surface area contributed by atoms with Gasteiger partial charge in [-0.25, -0.2) is 0 Å². The van der Waals surface area contributed by atoms with Gasteiger partial charge in [0.25, 0.3) is 5.91 Å². The molecule has 0 spiro atoms. The highest BCUT2D eigenvalue weighted by Crippen LogP contribution is 2.05. The number of pyridine rings is 1. The van der Waals surface area contributed by atoms with Crippen molar-refractivity contribution >= 4 is 28.9 Å². The third-order valence-electron chi connectivity index (χ3n) is 2.43. The number of carbonyl (C=O) groups excluding carboxylic acids is 1. The molecule has 2 aromatic rings. The second-order valence-electron chi connectivity index (χ2n) is 4.02. The lowest BCUT2D eigenvalue weighted by Crippen LogP contribution is -2.34. The van der Waals surface area contributed by atoms with Crippen LogP contribution in [0, 0.1) is 6.92 Å². The van der Waals surface area contributed by atoms with Crippen molar-refractivity contribution in [3.8, 4) is 0 Å². The number of hydrogen-bond donors (Lipinski definition) is 2. The van der Waals surface area contributed by atoms with Crippen molar-refractivity contribution in [1.29, 1.82) is 0 Å². The summed E-state index contributed by atoms with van der Waals surface area (Å²) in [5.74, 6) is -0.231. The number of thiocarbonyl (C=S) groups is 1. The van der Waals surface area contributed by atoms with Crippen LogP contribution in [-0.4, -0.2) is 16.0 Å². The van der Waals surface area contributed by atoms with Gasteiger partial charge < -0.3 is 5.32 Å². The van der Waals surface area contributed by atoms with Gasteiger partial charge in [-0.2, -0.15) is 0 Å². The first kappa shape index (κ1) is 13.2. The number of aromatic nitrogens is 1. The van der Waals surface area contributed by atoms with E-state index in [0.29, 0.717) is 5.56 Å². The molecule has 2 rings (SSSR count). The van der Waals surface area contributed by atoms with Crippen LogP contribution < -0.4 is 10.6 Å². The minimum absolute atomic E-state index is 0.231. The summed E-state index contributed by atoms with van der Waals surface area (Å²) in [6.07, 6.45) is 3.30. The van der Waals surface area contributed by atoms with Crippen molar-refractivity contribution in [3.63, 3.8) is 0 Å². The average Bonchev–Trinajstić information content (AvgIpc) is 2.39. The van der Waals surface area contributed by atoms with Crippen molar-refractivity contribution in [2.75, 3.05) is 5.32 Å². The summed E-state index contributed by atoms with van der Waals surface area (Å²) in [7, 11) is 0. The standard InChI is InChI=1S/C14H13N3OS/c1-10-4-2-5-11(8-10)13(18)17-14(19)16-12-6-3-7-15-9-12/h2-9H,1H3,(H2,16,17,18,19). The summed E-state index contributed by atoms with van der Waals surface area (Å²) in [4.78, 5) is 15.9. The van der Waals surface area contributed by atoms with Gasteiger partial charge in [-0.1, -0.05) is 17.7 Å². The number of anilines is 1. The minimum Gasteiger partial charge on any atom is -0.331 e. The van der Waals surface area contributed by atoms with E-state index in [2.05, 4.69) is 15.6 Å². The van der Waals surface area contributed by atoms with E-state index >= 15 is 0 Å². The molecule has 0 aliphatic rings. The first-order valence-electron chi connectivity index (χ1n) is 5.74. The number of aryl methyl sites for hydroxylation is 1. The Hall–Kier alpha value is -2.27. The molecule has 0 saturated heterocycles. The number of carbonyl (C=O) groups is 1.